The predicted molar refractivity (Wildman–Crippen MR) is 63.8 cm³/mol. The Morgan fingerprint density at radius 1 is 1.53 bits per heavy atom. The molecule has 0 bridgehead atoms. The van der Waals surface area contributed by atoms with Crippen LogP contribution in [-0.4, -0.2) is 21.5 Å². The highest BCUT2D eigenvalue weighted by atomic mass is 32.1. The molecule has 0 spiro atoms. The van der Waals surface area contributed by atoms with Crippen molar-refractivity contribution in [2.45, 2.75) is 19.8 Å². The minimum atomic E-state index is 0.281. The molecule has 2 rings (SSSR count). The zero-order chi connectivity index (χ0) is 10.9. The average molecular weight is 222 g/mol. The minimum Gasteiger partial charge on any atom is -0.388 e. The fraction of sp³-hybridized carbons (Fsp3) is 0.500. The summed E-state index contributed by atoms with van der Waals surface area (Å²) in [5.74, 6) is 0.781. The van der Waals surface area contributed by atoms with Crippen molar-refractivity contribution < 1.29 is 0 Å². The third kappa shape index (κ3) is 2.62. The molecule has 1 fully saturated rings. The lowest BCUT2D eigenvalue weighted by Crippen LogP contribution is -2.15. The van der Waals surface area contributed by atoms with E-state index in [0.29, 0.717) is 11.1 Å². The van der Waals surface area contributed by atoms with Crippen LogP contribution in [0.5, 0.6) is 0 Å². The van der Waals surface area contributed by atoms with Gasteiger partial charge in [-0.25, -0.2) is 9.97 Å². The van der Waals surface area contributed by atoms with Gasteiger partial charge in [-0.2, -0.15) is 0 Å². The number of nitrogens with one attached hydrogen (secondary N) is 1. The summed E-state index contributed by atoms with van der Waals surface area (Å²) in [6, 6.07) is 0. The van der Waals surface area contributed by atoms with Crippen LogP contribution in [0.4, 0.5) is 5.82 Å². The molecule has 15 heavy (non-hydrogen) atoms. The van der Waals surface area contributed by atoms with E-state index >= 15 is 0 Å². The van der Waals surface area contributed by atoms with Crippen molar-refractivity contribution in [3.05, 3.63) is 18.1 Å². The van der Waals surface area contributed by atoms with E-state index in [1.54, 1.807) is 12.4 Å². The van der Waals surface area contributed by atoms with E-state index in [9.17, 15) is 0 Å². The molecule has 4 nitrogen and oxygen atoms in total. The molecule has 3 N–H and O–H groups in total. The van der Waals surface area contributed by atoms with Crippen molar-refractivity contribution in [1.29, 1.82) is 0 Å². The maximum absolute atomic E-state index is 5.43. The molecular formula is C10H14N4S. The summed E-state index contributed by atoms with van der Waals surface area (Å²) >= 11 is 4.79. The Labute approximate surface area is 94.3 Å². The van der Waals surface area contributed by atoms with Crippen molar-refractivity contribution in [2.24, 2.45) is 11.1 Å². The Balaban J connectivity index is 1.95. The first-order valence-corrected chi connectivity index (χ1v) is 5.36. The first-order valence-electron chi connectivity index (χ1n) is 4.95. The minimum absolute atomic E-state index is 0.281. The molecule has 0 atom stereocenters. The second kappa shape index (κ2) is 3.73. The molecule has 0 amide bonds. The zero-order valence-corrected chi connectivity index (χ0v) is 9.47. The van der Waals surface area contributed by atoms with Crippen molar-refractivity contribution in [2.75, 3.05) is 11.9 Å². The second-order valence-electron chi connectivity index (χ2n) is 4.32. The summed E-state index contributed by atoms with van der Waals surface area (Å²) in [5.41, 5.74) is 6.45. The molecule has 1 saturated carbocycles. The fourth-order valence-electron chi connectivity index (χ4n) is 1.24. The number of nitrogens with zero attached hydrogens (tertiary/aromatic N) is 2. The highest BCUT2D eigenvalue weighted by molar-refractivity contribution is 7.80. The summed E-state index contributed by atoms with van der Waals surface area (Å²) in [5, 5.41) is 3.26. The summed E-state index contributed by atoms with van der Waals surface area (Å²) in [6.45, 7) is 3.21. The van der Waals surface area contributed by atoms with Gasteiger partial charge in [0.25, 0.3) is 0 Å². The lowest BCUT2D eigenvalue weighted by molar-refractivity contribution is 0.609. The second-order valence-corrected chi connectivity index (χ2v) is 4.76. The van der Waals surface area contributed by atoms with Gasteiger partial charge in [0.2, 0.25) is 0 Å². The van der Waals surface area contributed by atoms with Crippen LogP contribution < -0.4 is 11.1 Å². The topological polar surface area (TPSA) is 63.8 Å². The SMILES string of the molecule is CC1(CNc2cnc(C(N)=S)cn2)CC1. The van der Waals surface area contributed by atoms with Gasteiger partial charge in [0.05, 0.1) is 12.4 Å². The molecule has 1 aliphatic carbocycles. The Morgan fingerprint density at radius 3 is 2.73 bits per heavy atom. The Bertz CT molecular complexity index is 370. The molecule has 1 heterocycles. The van der Waals surface area contributed by atoms with E-state index in [4.69, 9.17) is 18.0 Å². The van der Waals surface area contributed by atoms with Crippen molar-refractivity contribution >= 4 is 23.0 Å². The summed E-state index contributed by atoms with van der Waals surface area (Å²) in [6.07, 6.45) is 5.84. The standard InChI is InChI=1S/C10H14N4S/c1-10(2-3-10)6-14-8-5-12-7(4-13-8)9(11)15/h4-5H,2-3,6H2,1H3,(H2,11,15)(H,13,14). The van der Waals surface area contributed by atoms with E-state index in [1.807, 2.05) is 0 Å². The third-order valence-corrected chi connectivity index (χ3v) is 2.91. The molecular weight excluding hydrogens is 208 g/mol. The molecule has 5 heteroatoms. The normalized spacial score (nSPS) is 17.1. The number of thiocarbonyl (C=S) groups is 1. The molecule has 0 radical (unpaired) electrons. The lowest BCUT2D eigenvalue weighted by Gasteiger charge is -2.10. The molecule has 1 aromatic heterocycles. The van der Waals surface area contributed by atoms with Crippen molar-refractivity contribution in [3.8, 4) is 0 Å². The van der Waals surface area contributed by atoms with Gasteiger partial charge in [-0.3, -0.25) is 0 Å². The Kier molecular flexibility index (Phi) is 2.56. The van der Waals surface area contributed by atoms with Gasteiger partial charge in [-0.1, -0.05) is 19.1 Å². The maximum atomic E-state index is 5.43. The smallest absolute Gasteiger partial charge is 0.144 e. The van der Waals surface area contributed by atoms with Crippen LogP contribution in [0.25, 0.3) is 0 Å². The number of hydrogen-bond acceptors (Lipinski definition) is 4. The van der Waals surface area contributed by atoms with Crippen LogP contribution in [0.15, 0.2) is 12.4 Å². The number of aromatic nitrogens is 2. The van der Waals surface area contributed by atoms with Gasteiger partial charge in [-0.05, 0) is 18.3 Å². The molecule has 1 aromatic rings. The average Bonchev–Trinajstić information content (AvgIpc) is 2.95. The van der Waals surface area contributed by atoms with Crippen molar-refractivity contribution in [3.63, 3.8) is 0 Å². The summed E-state index contributed by atoms with van der Waals surface area (Å²) in [4.78, 5) is 8.58. The van der Waals surface area contributed by atoms with Crippen LogP contribution in [0.1, 0.15) is 25.5 Å². The van der Waals surface area contributed by atoms with Crippen LogP contribution in [0, 0.1) is 5.41 Å². The molecule has 0 aromatic carbocycles. The quantitative estimate of drug-likeness (QED) is 0.752. The number of nitrogens with two attached hydrogens (primary N) is 1. The van der Waals surface area contributed by atoms with E-state index in [0.717, 1.165) is 12.4 Å². The number of anilines is 1. The van der Waals surface area contributed by atoms with Gasteiger partial charge in [0.15, 0.2) is 0 Å². The predicted octanol–water partition coefficient (Wildman–Crippen LogP) is 1.32. The molecule has 0 unspecified atom stereocenters. The van der Waals surface area contributed by atoms with Gasteiger partial charge >= 0.3 is 0 Å². The highest BCUT2D eigenvalue weighted by Gasteiger charge is 2.36. The lowest BCUT2D eigenvalue weighted by atomic mass is 10.1. The van der Waals surface area contributed by atoms with Crippen LogP contribution >= 0.6 is 12.2 Å². The molecule has 80 valence electrons. The highest BCUT2D eigenvalue weighted by Crippen LogP contribution is 2.44. The van der Waals surface area contributed by atoms with Crippen LogP contribution in [0.2, 0.25) is 0 Å². The molecule has 0 saturated heterocycles. The van der Waals surface area contributed by atoms with E-state index in [2.05, 4.69) is 22.2 Å². The first kappa shape index (κ1) is 10.3. The van der Waals surface area contributed by atoms with E-state index in [-0.39, 0.29) is 4.99 Å². The van der Waals surface area contributed by atoms with Gasteiger partial charge in [0.1, 0.15) is 16.5 Å². The zero-order valence-electron chi connectivity index (χ0n) is 8.66. The third-order valence-electron chi connectivity index (χ3n) is 2.70. The maximum Gasteiger partial charge on any atom is 0.144 e. The largest absolute Gasteiger partial charge is 0.388 e. The Hall–Kier alpha value is -1.23. The molecule has 0 aliphatic heterocycles. The van der Waals surface area contributed by atoms with Gasteiger partial charge in [0, 0.05) is 6.54 Å². The van der Waals surface area contributed by atoms with E-state index < -0.39 is 0 Å². The summed E-state index contributed by atoms with van der Waals surface area (Å²) in [7, 11) is 0. The van der Waals surface area contributed by atoms with Crippen LogP contribution in [0.3, 0.4) is 0 Å². The number of hydrogen-bond donors (Lipinski definition) is 2. The Morgan fingerprint density at radius 2 is 2.27 bits per heavy atom. The molecule has 1 aliphatic rings. The first-order chi connectivity index (χ1) is 7.09. The fourth-order valence-corrected chi connectivity index (χ4v) is 1.35. The van der Waals surface area contributed by atoms with Gasteiger partial charge < -0.3 is 11.1 Å². The number of rotatable bonds is 4. The summed E-state index contributed by atoms with van der Waals surface area (Å²) < 4.78 is 0. The monoisotopic (exact) mass is 222 g/mol. The van der Waals surface area contributed by atoms with Crippen molar-refractivity contribution in [1.82, 2.24) is 9.97 Å². The van der Waals surface area contributed by atoms with Gasteiger partial charge in [-0.15, -0.1) is 0 Å². The van der Waals surface area contributed by atoms with E-state index in [1.165, 1.54) is 12.8 Å². The van der Waals surface area contributed by atoms with Crippen LogP contribution in [-0.2, 0) is 0 Å².